The number of benzene rings is 2. The molecule has 2 aromatic carbocycles. The van der Waals surface area contributed by atoms with Crippen LogP contribution in [0.1, 0.15) is 33.9 Å². The first kappa shape index (κ1) is 22.2. The topological polar surface area (TPSA) is 167 Å². The molecule has 4 rings (SSSR count). The maximum absolute atomic E-state index is 9.51. The molecule has 1 aliphatic heterocycles. The number of pyridine rings is 1. The van der Waals surface area contributed by atoms with E-state index >= 15 is 0 Å². The molecule has 1 unspecified atom stereocenters. The van der Waals surface area contributed by atoms with E-state index in [1.165, 1.54) is 0 Å². The predicted molar refractivity (Wildman–Crippen MR) is 128 cm³/mol. The first-order chi connectivity index (χ1) is 16.5. The van der Waals surface area contributed by atoms with Crippen molar-refractivity contribution in [1.29, 1.82) is 10.5 Å². The van der Waals surface area contributed by atoms with Crippen LogP contribution in [0, 0.1) is 29.7 Å². The van der Waals surface area contributed by atoms with Gasteiger partial charge in [-0.25, -0.2) is 9.98 Å². The van der Waals surface area contributed by atoms with Crippen LogP contribution in [0.2, 0.25) is 0 Å². The number of nitrogens with one attached hydrogen (secondary N) is 2. The zero-order chi connectivity index (χ0) is 24.2. The van der Waals surface area contributed by atoms with Crippen LogP contribution in [0.5, 0.6) is 11.5 Å². The van der Waals surface area contributed by atoms with Crippen LogP contribution in [-0.2, 0) is 6.61 Å². The zero-order valence-corrected chi connectivity index (χ0v) is 18.6. The lowest BCUT2D eigenvalue weighted by molar-refractivity contribution is 0.283. The Labute approximate surface area is 196 Å². The van der Waals surface area contributed by atoms with Gasteiger partial charge in [0.05, 0.1) is 12.8 Å². The van der Waals surface area contributed by atoms with Crippen molar-refractivity contribution in [2.24, 2.45) is 4.99 Å². The van der Waals surface area contributed by atoms with E-state index in [-0.39, 0.29) is 23.0 Å². The lowest BCUT2D eigenvalue weighted by Crippen LogP contribution is -2.32. The molecule has 10 heteroatoms. The van der Waals surface area contributed by atoms with Gasteiger partial charge in [-0.2, -0.15) is 10.5 Å². The summed E-state index contributed by atoms with van der Waals surface area (Å²) < 4.78 is 11.6. The van der Waals surface area contributed by atoms with Gasteiger partial charge in [-0.1, -0.05) is 30.3 Å². The van der Waals surface area contributed by atoms with Crippen LogP contribution in [0.15, 0.2) is 47.5 Å². The van der Waals surface area contributed by atoms with Crippen molar-refractivity contribution >= 4 is 23.3 Å². The number of hydrogen-bond donors (Lipinski definition) is 4. The summed E-state index contributed by atoms with van der Waals surface area (Å²) in [6.45, 7) is 2.36. The standard InChI is InChI=1S/C24H22N8O2/c1-13-5-3-4-6-15(13)11-34-18-9-14(7-8-17(18)33-2)21-19-20(27)16(10-25)22(28)31-23(19)32-24(30-21)29-12-26/h3-9,21H,11H2,1-2H3,(H6,27,28,29,30,31,32). The summed E-state index contributed by atoms with van der Waals surface area (Å²) >= 11 is 0. The molecule has 170 valence electrons. The first-order valence-corrected chi connectivity index (χ1v) is 10.3. The van der Waals surface area contributed by atoms with Crippen LogP contribution in [-0.4, -0.2) is 18.1 Å². The molecular formula is C24H22N8O2. The molecule has 0 saturated carbocycles. The summed E-state index contributed by atoms with van der Waals surface area (Å²) in [6, 6.07) is 14.6. The second-order valence-corrected chi connectivity index (χ2v) is 7.53. The van der Waals surface area contributed by atoms with E-state index in [9.17, 15) is 5.26 Å². The Morgan fingerprint density at radius 1 is 1.15 bits per heavy atom. The molecule has 1 aromatic heterocycles. The van der Waals surface area contributed by atoms with Crippen LogP contribution >= 0.6 is 0 Å². The van der Waals surface area contributed by atoms with Crippen molar-refractivity contribution in [1.82, 2.24) is 10.3 Å². The number of fused-ring (bicyclic) bond motifs is 1. The molecule has 0 spiro atoms. The number of nitriles is 2. The molecule has 0 bridgehead atoms. The number of guanidine groups is 1. The Balaban J connectivity index is 1.79. The lowest BCUT2D eigenvalue weighted by atomic mass is 9.95. The summed E-state index contributed by atoms with van der Waals surface area (Å²) in [4.78, 5) is 8.86. The molecule has 0 fully saturated rings. The van der Waals surface area contributed by atoms with Gasteiger partial charge >= 0.3 is 0 Å². The van der Waals surface area contributed by atoms with Crippen molar-refractivity contribution in [3.8, 4) is 23.8 Å². The van der Waals surface area contributed by atoms with Crippen LogP contribution in [0.25, 0.3) is 0 Å². The fourth-order valence-corrected chi connectivity index (χ4v) is 3.73. The fourth-order valence-electron chi connectivity index (χ4n) is 3.73. The number of anilines is 3. The van der Waals surface area contributed by atoms with E-state index in [0.717, 1.165) is 11.1 Å². The number of aromatic nitrogens is 1. The Kier molecular flexibility index (Phi) is 6.06. The Hall–Kier alpha value is -4.96. The third-order valence-corrected chi connectivity index (χ3v) is 5.51. The van der Waals surface area contributed by atoms with Crippen LogP contribution < -0.4 is 31.6 Å². The largest absolute Gasteiger partial charge is 0.493 e. The quantitative estimate of drug-likeness (QED) is 0.334. The summed E-state index contributed by atoms with van der Waals surface area (Å²) in [5, 5.41) is 24.0. The van der Waals surface area contributed by atoms with Gasteiger partial charge in [0.25, 0.3) is 0 Å². The number of methoxy groups -OCH3 is 1. The highest BCUT2D eigenvalue weighted by molar-refractivity contribution is 5.98. The van der Waals surface area contributed by atoms with E-state index in [4.69, 9.17) is 26.2 Å². The Morgan fingerprint density at radius 2 is 1.94 bits per heavy atom. The molecule has 0 saturated heterocycles. The number of rotatable bonds is 5. The minimum atomic E-state index is -0.681. The molecule has 3 aromatic rings. The third-order valence-electron chi connectivity index (χ3n) is 5.51. The summed E-state index contributed by atoms with van der Waals surface area (Å²) in [6.07, 6.45) is 1.83. The number of aliphatic imine (C=N–C) groups is 1. The Morgan fingerprint density at radius 3 is 2.65 bits per heavy atom. The van der Waals surface area contributed by atoms with E-state index in [1.807, 2.05) is 49.5 Å². The summed E-state index contributed by atoms with van der Waals surface area (Å²) in [5.74, 6) is 1.53. The molecule has 0 radical (unpaired) electrons. The van der Waals surface area contributed by atoms with Gasteiger partial charge in [0, 0.05) is 5.56 Å². The predicted octanol–water partition coefficient (Wildman–Crippen LogP) is 2.96. The highest BCUT2D eigenvalue weighted by Gasteiger charge is 2.30. The molecule has 2 heterocycles. The van der Waals surface area contributed by atoms with E-state index in [2.05, 4.69) is 20.6 Å². The highest BCUT2D eigenvalue weighted by atomic mass is 16.5. The van der Waals surface area contributed by atoms with E-state index in [0.29, 0.717) is 35.1 Å². The normalized spacial score (nSPS) is 14.0. The van der Waals surface area contributed by atoms with Crippen LogP contribution in [0.3, 0.4) is 0 Å². The maximum atomic E-state index is 9.51. The second-order valence-electron chi connectivity index (χ2n) is 7.53. The van der Waals surface area contributed by atoms with Gasteiger partial charge in [-0.15, -0.1) is 0 Å². The van der Waals surface area contributed by atoms with Crippen LogP contribution in [0.4, 0.5) is 17.3 Å². The van der Waals surface area contributed by atoms with Gasteiger partial charge in [-0.05, 0) is 35.7 Å². The summed E-state index contributed by atoms with van der Waals surface area (Å²) in [7, 11) is 1.56. The SMILES string of the molecule is COc1ccc(C2N=C(NC#N)Nc3nc(N)c(C#N)c(N)c32)cc1OCc1ccccc1C. The number of ether oxygens (including phenoxy) is 2. The molecule has 1 aliphatic rings. The molecular weight excluding hydrogens is 432 g/mol. The highest BCUT2D eigenvalue weighted by Crippen LogP contribution is 2.42. The van der Waals surface area contributed by atoms with Crippen molar-refractivity contribution in [2.45, 2.75) is 19.6 Å². The lowest BCUT2D eigenvalue weighted by Gasteiger charge is -2.26. The Bertz CT molecular complexity index is 1370. The molecule has 10 nitrogen and oxygen atoms in total. The van der Waals surface area contributed by atoms with Gasteiger partial charge < -0.3 is 26.3 Å². The number of aryl methyl sites for hydroxylation is 1. The fraction of sp³-hybridized carbons (Fsp3) is 0.167. The number of nitrogen functional groups attached to an aromatic ring is 2. The number of nitrogens with two attached hydrogens (primary N) is 2. The molecule has 1 atom stereocenters. The van der Waals surface area contributed by atoms with Gasteiger partial charge in [0.2, 0.25) is 5.96 Å². The first-order valence-electron chi connectivity index (χ1n) is 10.3. The molecule has 6 N–H and O–H groups in total. The average Bonchev–Trinajstić information content (AvgIpc) is 2.83. The number of hydrogen-bond acceptors (Lipinski definition) is 10. The smallest absolute Gasteiger partial charge is 0.211 e. The van der Waals surface area contributed by atoms with Gasteiger partial charge in [0.15, 0.2) is 17.7 Å². The minimum Gasteiger partial charge on any atom is -0.493 e. The second kappa shape index (κ2) is 9.27. The van der Waals surface area contributed by atoms with E-state index < -0.39 is 6.04 Å². The minimum absolute atomic E-state index is 0.0137. The van der Waals surface area contributed by atoms with Crippen molar-refractivity contribution in [2.75, 3.05) is 23.9 Å². The zero-order valence-electron chi connectivity index (χ0n) is 18.6. The molecule has 0 aliphatic carbocycles. The third kappa shape index (κ3) is 4.08. The van der Waals surface area contributed by atoms with Gasteiger partial charge in [-0.3, -0.25) is 5.32 Å². The number of nitrogens with zero attached hydrogens (tertiary/aromatic N) is 4. The van der Waals surface area contributed by atoms with Crippen molar-refractivity contribution in [3.05, 3.63) is 70.3 Å². The van der Waals surface area contributed by atoms with Crippen molar-refractivity contribution < 1.29 is 9.47 Å². The van der Waals surface area contributed by atoms with E-state index in [1.54, 1.807) is 19.2 Å². The van der Waals surface area contributed by atoms with Gasteiger partial charge in [0.1, 0.15) is 35.9 Å². The van der Waals surface area contributed by atoms with Crippen molar-refractivity contribution in [3.63, 3.8) is 0 Å². The monoisotopic (exact) mass is 454 g/mol. The molecule has 34 heavy (non-hydrogen) atoms. The summed E-state index contributed by atoms with van der Waals surface area (Å²) in [5.41, 5.74) is 15.8. The average molecular weight is 454 g/mol. The maximum Gasteiger partial charge on any atom is 0.211 e. The molecule has 0 amide bonds.